The molecule has 1 amide bonds. The maximum absolute atomic E-state index is 11.2. The number of rotatable bonds is 9. The number of aliphatic hydroxyl groups is 1. The molecule has 0 aromatic carbocycles. The maximum Gasteiger partial charge on any atom is 0.221 e. The van der Waals surface area contributed by atoms with Gasteiger partial charge in [0.25, 0.3) is 0 Å². The summed E-state index contributed by atoms with van der Waals surface area (Å²) in [7, 11) is 0. The fraction of sp³-hybridized carbons (Fsp3) is 0.917. The molecule has 0 spiro atoms. The van der Waals surface area contributed by atoms with Crippen molar-refractivity contribution in [2.24, 2.45) is 5.41 Å². The molecule has 4 heteroatoms. The van der Waals surface area contributed by atoms with Crippen molar-refractivity contribution in [3.05, 3.63) is 0 Å². The first kappa shape index (κ1) is 15.4. The summed E-state index contributed by atoms with van der Waals surface area (Å²) in [5, 5.41) is 14.8. The van der Waals surface area contributed by atoms with E-state index in [1.807, 2.05) is 6.92 Å². The Morgan fingerprint density at radius 1 is 1.38 bits per heavy atom. The highest BCUT2D eigenvalue weighted by molar-refractivity contribution is 5.75. The zero-order chi connectivity index (χ0) is 12.4. The van der Waals surface area contributed by atoms with Gasteiger partial charge in [-0.25, -0.2) is 0 Å². The molecule has 0 atom stereocenters. The Hall–Kier alpha value is -0.610. The lowest BCUT2D eigenvalue weighted by Crippen LogP contribution is -2.33. The molecule has 0 aliphatic heterocycles. The van der Waals surface area contributed by atoms with E-state index < -0.39 is 0 Å². The van der Waals surface area contributed by atoms with Gasteiger partial charge < -0.3 is 15.7 Å². The molecule has 0 rings (SSSR count). The van der Waals surface area contributed by atoms with Crippen molar-refractivity contribution in [2.75, 3.05) is 26.2 Å². The van der Waals surface area contributed by atoms with Gasteiger partial charge in [-0.05, 0) is 25.2 Å². The first-order chi connectivity index (χ1) is 7.52. The van der Waals surface area contributed by atoms with Crippen LogP contribution in [0.4, 0.5) is 0 Å². The second kappa shape index (κ2) is 8.53. The molecule has 3 N–H and O–H groups in total. The Balaban J connectivity index is 3.52. The molecule has 0 aromatic heterocycles. The second-order valence-corrected chi connectivity index (χ2v) is 4.87. The Morgan fingerprint density at radius 2 is 2.06 bits per heavy atom. The smallest absolute Gasteiger partial charge is 0.221 e. The van der Waals surface area contributed by atoms with Crippen LogP contribution >= 0.6 is 0 Å². The average Bonchev–Trinajstić information content (AvgIpc) is 2.22. The van der Waals surface area contributed by atoms with Gasteiger partial charge in [-0.15, -0.1) is 0 Å². The Morgan fingerprint density at radius 3 is 2.62 bits per heavy atom. The molecule has 0 aromatic rings. The first-order valence-corrected chi connectivity index (χ1v) is 6.10. The minimum Gasteiger partial charge on any atom is -0.396 e. The van der Waals surface area contributed by atoms with Crippen molar-refractivity contribution in [3.8, 4) is 0 Å². The molecule has 0 heterocycles. The highest BCUT2D eigenvalue weighted by atomic mass is 16.2. The third-order valence-corrected chi connectivity index (χ3v) is 2.52. The van der Waals surface area contributed by atoms with Crippen LogP contribution in [0.15, 0.2) is 0 Å². The lowest BCUT2D eigenvalue weighted by molar-refractivity contribution is -0.120. The summed E-state index contributed by atoms with van der Waals surface area (Å²) < 4.78 is 0. The van der Waals surface area contributed by atoms with Crippen LogP contribution in [0.2, 0.25) is 0 Å². The number of hydrogen-bond acceptors (Lipinski definition) is 3. The van der Waals surface area contributed by atoms with E-state index in [1.165, 1.54) is 0 Å². The van der Waals surface area contributed by atoms with Crippen molar-refractivity contribution < 1.29 is 9.90 Å². The SMILES string of the molecule is CCNC(=O)CCNCC(C)(C)CCCO. The molecule has 0 aliphatic carbocycles. The maximum atomic E-state index is 11.2. The van der Waals surface area contributed by atoms with Crippen molar-refractivity contribution in [2.45, 2.75) is 40.0 Å². The van der Waals surface area contributed by atoms with E-state index in [9.17, 15) is 4.79 Å². The molecule has 0 radical (unpaired) electrons. The summed E-state index contributed by atoms with van der Waals surface area (Å²) in [5.74, 6) is 0.100. The number of carbonyl (C=O) groups is 1. The van der Waals surface area contributed by atoms with E-state index >= 15 is 0 Å². The third kappa shape index (κ3) is 8.68. The van der Waals surface area contributed by atoms with Crippen LogP contribution < -0.4 is 10.6 Å². The standard InChI is InChI=1S/C12H26N2O2/c1-4-14-11(16)6-8-13-10-12(2,3)7-5-9-15/h13,15H,4-10H2,1-3H3,(H,14,16). The number of carbonyl (C=O) groups excluding carboxylic acids is 1. The predicted molar refractivity (Wildman–Crippen MR) is 66.3 cm³/mol. The number of nitrogens with one attached hydrogen (secondary N) is 2. The fourth-order valence-electron chi connectivity index (χ4n) is 1.56. The zero-order valence-corrected chi connectivity index (χ0v) is 10.8. The molecule has 96 valence electrons. The second-order valence-electron chi connectivity index (χ2n) is 4.87. The largest absolute Gasteiger partial charge is 0.396 e. The van der Waals surface area contributed by atoms with E-state index in [0.29, 0.717) is 19.5 Å². The van der Waals surface area contributed by atoms with Crippen molar-refractivity contribution in [1.82, 2.24) is 10.6 Å². The molecule has 0 aliphatic rings. The van der Waals surface area contributed by atoms with Crippen molar-refractivity contribution in [1.29, 1.82) is 0 Å². The van der Waals surface area contributed by atoms with Gasteiger partial charge in [-0.2, -0.15) is 0 Å². The molecule has 0 unspecified atom stereocenters. The van der Waals surface area contributed by atoms with E-state index in [1.54, 1.807) is 0 Å². The third-order valence-electron chi connectivity index (χ3n) is 2.52. The normalized spacial score (nSPS) is 11.5. The van der Waals surface area contributed by atoms with Gasteiger partial charge in [-0.3, -0.25) is 4.79 Å². The van der Waals surface area contributed by atoms with Crippen LogP contribution in [0.1, 0.15) is 40.0 Å². The first-order valence-electron chi connectivity index (χ1n) is 6.10. The molecular formula is C12H26N2O2. The van der Waals surface area contributed by atoms with Crippen molar-refractivity contribution in [3.63, 3.8) is 0 Å². The van der Waals surface area contributed by atoms with Crippen LogP contribution in [0.25, 0.3) is 0 Å². The average molecular weight is 230 g/mol. The van der Waals surface area contributed by atoms with Gasteiger partial charge in [0.1, 0.15) is 0 Å². The van der Waals surface area contributed by atoms with E-state index in [0.717, 1.165) is 19.4 Å². The fourth-order valence-corrected chi connectivity index (χ4v) is 1.56. The van der Waals surface area contributed by atoms with Crippen LogP contribution in [0, 0.1) is 5.41 Å². The summed E-state index contributed by atoms with van der Waals surface area (Å²) >= 11 is 0. The zero-order valence-electron chi connectivity index (χ0n) is 10.8. The molecule has 0 fully saturated rings. The lowest BCUT2D eigenvalue weighted by Gasteiger charge is -2.24. The highest BCUT2D eigenvalue weighted by Gasteiger charge is 2.16. The topological polar surface area (TPSA) is 61.4 Å². The van der Waals surface area contributed by atoms with Gasteiger partial charge in [-0.1, -0.05) is 13.8 Å². The molecule has 4 nitrogen and oxygen atoms in total. The van der Waals surface area contributed by atoms with Gasteiger partial charge in [0.2, 0.25) is 5.91 Å². The minimum absolute atomic E-state index is 0.100. The molecule has 16 heavy (non-hydrogen) atoms. The molecule has 0 saturated heterocycles. The van der Waals surface area contributed by atoms with E-state index in [4.69, 9.17) is 5.11 Å². The van der Waals surface area contributed by atoms with E-state index in [2.05, 4.69) is 24.5 Å². The van der Waals surface area contributed by atoms with Crippen LogP contribution in [-0.2, 0) is 4.79 Å². The monoisotopic (exact) mass is 230 g/mol. The Labute approximate surface area is 98.8 Å². The number of amides is 1. The number of aliphatic hydroxyl groups excluding tert-OH is 1. The number of hydrogen-bond donors (Lipinski definition) is 3. The van der Waals surface area contributed by atoms with Crippen LogP contribution in [0.5, 0.6) is 0 Å². The van der Waals surface area contributed by atoms with Crippen molar-refractivity contribution >= 4 is 5.91 Å². The predicted octanol–water partition coefficient (Wildman–Crippen LogP) is 0.901. The summed E-state index contributed by atoms with van der Waals surface area (Å²) in [5.41, 5.74) is 0.184. The van der Waals surface area contributed by atoms with Gasteiger partial charge in [0.05, 0.1) is 0 Å². The molecular weight excluding hydrogens is 204 g/mol. The molecule has 0 saturated carbocycles. The quantitative estimate of drug-likeness (QED) is 0.516. The van der Waals surface area contributed by atoms with E-state index in [-0.39, 0.29) is 17.9 Å². The highest BCUT2D eigenvalue weighted by Crippen LogP contribution is 2.20. The summed E-state index contributed by atoms with van der Waals surface area (Å²) in [6, 6.07) is 0. The summed E-state index contributed by atoms with van der Waals surface area (Å²) in [6.07, 6.45) is 2.37. The minimum atomic E-state index is 0.100. The Bertz CT molecular complexity index is 193. The van der Waals surface area contributed by atoms with Crippen LogP contribution in [-0.4, -0.2) is 37.3 Å². The summed E-state index contributed by atoms with van der Waals surface area (Å²) in [4.78, 5) is 11.2. The van der Waals surface area contributed by atoms with Gasteiger partial charge >= 0.3 is 0 Å². The van der Waals surface area contributed by atoms with Crippen LogP contribution in [0.3, 0.4) is 0 Å². The molecule has 0 bridgehead atoms. The van der Waals surface area contributed by atoms with Gasteiger partial charge in [0.15, 0.2) is 0 Å². The Kier molecular flexibility index (Phi) is 8.21. The van der Waals surface area contributed by atoms with Gasteiger partial charge in [0, 0.05) is 32.7 Å². The lowest BCUT2D eigenvalue weighted by atomic mass is 9.88. The summed E-state index contributed by atoms with van der Waals surface area (Å²) in [6.45, 7) is 8.80.